The average molecular weight is 380 g/mol. The number of halogens is 2. The van der Waals surface area contributed by atoms with Crippen LogP contribution in [-0.4, -0.2) is 15.5 Å². The largest absolute Gasteiger partial charge is 0.454 e. The molecule has 6 heteroatoms. The fourth-order valence-electron chi connectivity index (χ4n) is 3.45. The number of fused-ring (bicyclic) bond motifs is 2. The van der Waals surface area contributed by atoms with Gasteiger partial charge in [-0.1, -0.05) is 54.6 Å². The number of esters is 1. The second kappa shape index (κ2) is 7.38. The highest BCUT2D eigenvalue weighted by Gasteiger charge is 2.24. The van der Waals surface area contributed by atoms with Crippen LogP contribution in [0.25, 0.3) is 21.8 Å². The summed E-state index contributed by atoms with van der Waals surface area (Å²) in [6.07, 6.45) is -0.843. The fraction of sp³-hybridized carbons (Fsp3) is 0.182. The molecule has 0 aliphatic heterocycles. The first-order valence-corrected chi connectivity index (χ1v) is 8.95. The number of carbonyl (C=O) groups is 1. The van der Waals surface area contributed by atoms with Crippen molar-refractivity contribution in [3.8, 4) is 0 Å². The second-order valence-corrected chi connectivity index (χ2v) is 6.55. The number of rotatable bonds is 5. The summed E-state index contributed by atoms with van der Waals surface area (Å²) in [6, 6.07) is 20.1. The molecule has 0 fully saturated rings. The summed E-state index contributed by atoms with van der Waals surface area (Å²) in [5, 5.41) is 2.00. The Hall–Kier alpha value is -3.28. The number of para-hydroxylation sites is 2. The van der Waals surface area contributed by atoms with Gasteiger partial charge in [0, 0.05) is 0 Å². The van der Waals surface area contributed by atoms with E-state index in [9.17, 15) is 13.6 Å². The quantitative estimate of drug-likeness (QED) is 0.434. The number of imidazole rings is 1. The summed E-state index contributed by atoms with van der Waals surface area (Å²) in [5.74, 6) is -0.459. The molecule has 4 aromatic rings. The molecule has 1 aromatic heterocycles. The number of aromatic nitrogens is 2. The Morgan fingerprint density at radius 3 is 2.57 bits per heavy atom. The van der Waals surface area contributed by atoms with Gasteiger partial charge < -0.3 is 4.74 Å². The third-order valence-electron chi connectivity index (χ3n) is 4.70. The molecule has 142 valence electrons. The number of alkyl halides is 2. The minimum Gasteiger partial charge on any atom is -0.454 e. The van der Waals surface area contributed by atoms with Crippen molar-refractivity contribution in [1.82, 2.24) is 9.55 Å². The van der Waals surface area contributed by atoms with Crippen molar-refractivity contribution in [3.05, 3.63) is 78.1 Å². The minimum absolute atomic E-state index is 0.0301. The van der Waals surface area contributed by atoms with E-state index in [-0.39, 0.29) is 12.2 Å². The van der Waals surface area contributed by atoms with Gasteiger partial charge in [-0.25, -0.2) is 4.98 Å². The lowest BCUT2D eigenvalue weighted by Gasteiger charge is -2.15. The molecule has 28 heavy (non-hydrogen) atoms. The summed E-state index contributed by atoms with van der Waals surface area (Å²) < 4.78 is 33.4. The van der Waals surface area contributed by atoms with Crippen LogP contribution in [-0.2, 0) is 16.0 Å². The molecule has 3 aromatic carbocycles. The van der Waals surface area contributed by atoms with Gasteiger partial charge in [-0.15, -0.1) is 0 Å². The zero-order valence-corrected chi connectivity index (χ0v) is 15.2. The van der Waals surface area contributed by atoms with E-state index in [2.05, 4.69) is 4.98 Å². The van der Waals surface area contributed by atoms with E-state index in [1.807, 2.05) is 42.5 Å². The topological polar surface area (TPSA) is 44.1 Å². The van der Waals surface area contributed by atoms with Gasteiger partial charge in [0.25, 0.3) is 0 Å². The zero-order valence-electron chi connectivity index (χ0n) is 15.2. The second-order valence-electron chi connectivity index (χ2n) is 6.55. The number of ether oxygens (including phenoxy) is 1. The molecule has 0 amide bonds. The monoisotopic (exact) mass is 380 g/mol. The number of nitrogens with zero attached hydrogens (tertiary/aromatic N) is 2. The lowest BCUT2D eigenvalue weighted by molar-refractivity contribution is -0.148. The molecule has 0 N–H and O–H groups in total. The summed E-state index contributed by atoms with van der Waals surface area (Å²) >= 11 is 0. The van der Waals surface area contributed by atoms with Gasteiger partial charge in [-0.05, 0) is 35.4 Å². The molecule has 4 rings (SSSR count). The summed E-state index contributed by atoms with van der Waals surface area (Å²) in [4.78, 5) is 16.7. The maximum atomic E-state index is 13.6. The average Bonchev–Trinajstić information content (AvgIpc) is 3.08. The molecule has 0 saturated carbocycles. The van der Waals surface area contributed by atoms with Crippen molar-refractivity contribution in [2.24, 2.45) is 0 Å². The summed E-state index contributed by atoms with van der Waals surface area (Å²) in [6.45, 7) is -1.22. The Bertz CT molecular complexity index is 1150. The van der Waals surface area contributed by atoms with E-state index in [1.54, 1.807) is 31.2 Å². The van der Waals surface area contributed by atoms with Crippen molar-refractivity contribution in [3.63, 3.8) is 0 Å². The van der Waals surface area contributed by atoms with Crippen LogP contribution in [0.4, 0.5) is 8.78 Å². The van der Waals surface area contributed by atoms with Crippen LogP contribution < -0.4 is 0 Å². The van der Waals surface area contributed by atoms with E-state index < -0.39 is 18.6 Å². The lowest BCUT2D eigenvalue weighted by atomic mass is 10.0. The molecule has 1 atom stereocenters. The maximum Gasteiger partial charge on any atom is 0.320 e. The van der Waals surface area contributed by atoms with Gasteiger partial charge in [-0.2, -0.15) is 8.78 Å². The molecule has 1 unspecified atom stereocenters. The first kappa shape index (κ1) is 18.1. The van der Waals surface area contributed by atoms with Crippen molar-refractivity contribution >= 4 is 27.8 Å². The molecular weight excluding hydrogens is 362 g/mol. The van der Waals surface area contributed by atoms with Crippen LogP contribution in [0.15, 0.2) is 66.7 Å². The Morgan fingerprint density at radius 2 is 1.75 bits per heavy atom. The first-order chi connectivity index (χ1) is 13.5. The smallest absolute Gasteiger partial charge is 0.320 e. The van der Waals surface area contributed by atoms with Crippen LogP contribution in [0.2, 0.25) is 0 Å². The van der Waals surface area contributed by atoms with Crippen LogP contribution in [0.5, 0.6) is 0 Å². The van der Waals surface area contributed by atoms with Gasteiger partial charge in [-0.3, -0.25) is 9.36 Å². The van der Waals surface area contributed by atoms with Gasteiger partial charge in [0.2, 0.25) is 0 Å². The Morgan fingerprint density at radius 1 is 1.04 bits per heavy atom. The van der Waals surface area contributed by atoms with E-state index >= 15 is 0 Å². The van der Waals surface area contributed by atoms with Gasteiger partial charge in [0.1, 0.15) is 0 Å². The number of carbonyl (C=O) groups excluding carboxylic acids is 1. The van der Waals surface area contributed by atoms with Crippen molar-refractivity contribution < 1.29 is 18.3 Å². The number of hydrogen-bond acceptors (Lipinski definition) is 3. The molecular formula is C22H18F2N2O2. The van der Waals surface area contributed by atoms with Crippen molar-refractivity contribution in [2.45, 2.75) is 26.0 Å². The highest BCUT2D eigenvalue weighted by atomic mass is 19.3. The molecule has 0 aliphatic rings. The molecule has 0 radical (unpaired) electrons. The van der Waals surface area contributed by atoms with Crippen molar-refractivity contribution in [1.29, 1.82) is 0 Å². The fourth-order valence-corrected chi connectivity index (χ4v) is 3.45. The summed E-state index contributed by atoms with van der Waals surface area (Å²) in [5.41, 5.74) is 1.58. The Balaban J connectivity index is 1.58. The highest BCUT2D eigenvalue weighted by molar-refractivity contribution is 5.89. The third kappa shape index (κ3) is 3.33. The van der Waals surface area contributed by atoms with Crippen LogP contribution in [0.1, 0.15) is 31.0 Å². The van der Waals surface area contributed by atoms with Crippen LogP contribution in [0.3, 0.4) is 0 Å². The Kier molecular flexibility index (Phi) is 4.77. The maximum absolute atomic E-state index is 13.6. The van der Waals surface area contributed by atoms with E-state index in [1.165, 1.54) is 0 Å². The number of hydrogen-bond donors (Lipinski definition) is 0. The normalized spacial score (nSPS) is 12.6. The van der Waals surface area contributed by atoms with Gasteiger partial charge >= 0.3 is 12.5 Å². The molecule has 0 aliphatic carbocycles. The zero-order chi connectivity index (χ0) is 19.7. The summed E-state index contributed by atoms with van der Waals surface area (Å²) in [7, 11) is 0. The Labute approximate surface area is 160 Å². The van der Waals surface area contributed by atoms with Gasteiger partial charge in [0.05, 0.1) is 17.5 Å². The third-order valence-corrected chi connectivity index (χ3v) is 4.70. The number of benzene rings is 3. The molecule has 4 nitrogen and oxygen atoms in total. The lowest BCUT2D eigenvalue weighted by Crippen LogP contribution is -2.16. The van der Waals surface area contributed by atoms with Crippen LogP contribution >= 0.6 is 0 Å². The predicted octanol–water partition coefficient (Wildman–Crippen LogP) is 5.43. The van der Waals surface area contributed by atoms with Crippen molar-refractivity contribution in [2.75, 3.05) is 0 Å². The molecule has 0 spiro atoms. The first-order valence-electron chi connectivity index (χ1n) is 8.95. The molecule has 1 heterocycles. The van der Waals surface area contributed by atoms with E-state index in [0.29, 0.717) is 11.0 Å². The SMILES string of the molecule is CC(OC(=O)Cc1cccc2ccccc12)c1nc2ccccc2n1C(F)F. The minimum atomic E-state index is -2.78. The van der Waals surface area contributed by atoms with E-state index in [0.717, 1.165) is 20.9 Å². The molecule has 0 saturated heterocycles. The predicted molar refractivity (Wildman–Crippen MR) is 103 cm³/mol. The van der Waals surface area contributed by atoms with Crippen LogP contribution in [0, 0.1) is 0 Å². The molecule has 0 bridgehead atoms. The highest BCUT2D eigenvalue weighted by Crippen LogP contribution is 2.28. The van der Waals surface area contributed by atoms with Gasteiger partial charge in [0.15, 0.2) is 11.9 Å². The van der Waals surface area contributed by atoms with E-state index in [4.69, 9.17) is 4.74 Å². The standard InChI is InChI=1S/C22H18F2N2O2/c1-14(21-25-18-11-4-5-12-19(18)26(21)22(23)24)28-20(27)13-16-9-6-8-15-7-2-3-10-17(15)16/h2-12,14,22H,13H2,1H3.